The first kappa shape index (κ1) is 12.1. The lowest BCUT2D eigenvalue weighted by Gasteiger charge is -2.07. The van der Waals surface area contributed by atoms with Gasteiger partial charge in [-0.2, -0.15) is 0 Å². The molecule has 0 amide bonds. The molecular weight excluding hydrogens is 236 g/mol. The van der Waals surface area contributed by atoms with Crippen LogP contribution in [-0.4, -0.2) is 35.7 Å². The van der Waals surface area contributed by atoms with E-state index in [1.165, 1.54) is 20.3 Å². The number of methoxy groups -OCH3 is 2. The van der Waals surface area contributed by atoms with Gasteiger partial charge in [0.15, 0.2) is 0 Å². The van der Waals surface area contributed by atoms with Gasteiger partial charge in [-0.3, -0.25) is 0 Å². The second kappa shape index (κ2) is 4.48. The molecule has 0 bridgehead atoms. The third-order valence-corrected chi connectivity index (χ3v) is 2.68. The molecule has 1 aromatic heterocycles. The number of aryl methyl sites for hydroxylation is 1. The van der Waals surface area contributed by atoms with Crippen molar-refractivity contribution in [3.63, 3.8) is 0 Å². The predicted octanol–water partition coefficient (Wildman–Crippen LogP) is 1.15. The molecule has 94 valence electrons. The van der Waals surface area contributed by atoms with Gasteiger partial charge in [-0.25, -0.2) is 14.6 Å². The van der Waals surface area contributed by atoms with Crippen molar-refractivity contribution < 1.29 is 19.1 Å². The summed E-state index contributed by atoms with van der Waals surface area (Å²) in [4.78, 5) is 27.4. The topological polar surface area (TPSA) is 70.4 Å². The van der Waals surface area contributed by atoms with Crippen LogP contribution in [0.4, 0.5) is 0 Å². The molecule has 1 heterocycles. The standard InChI is InChI=1S/C12H12N2O4/c1-14-6-13-9-4-7(11(15)17-2)8(5-10(9)14)12(16)18-3/h4-6H,1-3H3. The molecule has 6 nitrogen and oxygen atoms in total. The van der Waals surface area contributed by atoms with Gasteiger partial charge < -0.3 is 14.0 Å². The van der Waals surface area contributed by atoms with Gasteiger partial charge in [-0.1, -0.05) is 0 Å². The highest BCUT2D eigenvalue weighted by atomic mass is 16.5. The number of carbonyl (C=O) groups is 2. The summed E-state index contributed by atoms with van der Waals surface area (Å²) in [5.41, 5.74) is 1.67. The molecule has 0 aliphatic carbocycles. The summed E-state index contributed by atoms with van der Waals surface area (Å²) < 4.78 is 11.1. The lowest BCUT2D eigenvalue weighted by atomic mass is 10.1. The van der Waals surface area contributed by atoms with Crippen molar-refractivity contribution in [2.75, 3.05) is 14.2 Å². The van der Waals surface area contributed by atoms with Crippen molar-refractivity contribution in [2.24, 2.45) is 7.05 Å². The van der Waals surface area contributed by atoms with Crippen LogP contribution in [0.25, 0.3) is 11.0 Å². The second-order valence-electron chi connectivity index (χ2n) is 3.73. The zero-order valence-corrected chi connectivity index (χ0v) is 10.3. The fraction of sp³-hybridized carbons (Fsp3) is 0.250. The number of nitrogens with zero attached hydrogens (tertiary/aromatic N) is 2. The molecular formula is C12H12N2O4. The van der Waals surface area contributed by atoms with Crippen molar-refractivity contribution >= 4 is 23.0 Å². The van der Waals surface area contributed by atoms with Gasteiger partial charge in [-0.05, 0) is 12.1 Å². The maximum atomic E-state index is 11.7. The fourth-order valence-corrected chi connectivity index (χ4v) is 1.73. The average molecular weight is 248 g/mol. The summed E-state index contributed by atoms with van der Waals surface area (Å²) in [5, 5.41) is 0. The summed E-state index contributed by atoms with van der Waals surface area (Å²) in [5.74, 6) is -1.18. The van der Waals surface area contributed by atoms with E-state index in [1.54, 1.807) is 24.0 Å². The summed E-state index contributed by atoms with van der Waals surface area (Å²) >= 11 is 0. The van der Waals surface area contributed by atoms with Crippen LogP contribution in [0.15, 0.2) is 18.5 Å². The van der Waals surface area contributed by atoms with E-state index in [4.69, 9.17) is 0 Å². The molecule has 0 atom stereocenters. The highest BCUT2D eigenvalue weighted by Crippen LogP contribution is 2.20. The maximum absolute atomic E-state index is 11.7. The average Bonchev–Trinajstić information content (AvgIpc) is 2.76. The van der Waals surface area contributed by atoms with E-state index in [0.29, 0.717) is 5.52 Å². The first-order valence-corrected chi connectivity index (χ1v) is 5.20. The Morgan fingerprint density at radius 3 is 2.22 bits per heavy atom. The lowest BCUT2D eigenvalue weighted by Crippen LogP contribution is -2.12. The van der Waals surface area contributed by atoms with E-state index in [1.807, 2.05) is 0 Å². The first-order valence-electron chi connectivity index (χ1n) is 5.20. The first-order chi connectivity index (χ1) is 8.58. The summed E-state index contributed by atoms with van der Waals surface area (Å²) in [7, 11) is 4.32. The van der Waals surface area contributed by atoms with E-state index >= 15 is 0 Å². The number of aromatic nitrogens is 2. The number of esters is 2. The van der Waals surface area contributed by atoms with Gasteiger partial charge in [0, 0.05) is 7.05 Å². The minimum absolute atomic E-state index is 0.149. The molecule has 0 aliphatic rings. The Bertz CT molecular complexity index is 630. The van der Waals surface area contributed by atoms with Crippen molar-refractivity contribution in [3.8, 4) is 0 Å². The van der Waals surface area contributed by atoms with Crippen molar-refractivity contribution in [1.29, 1.82) is 0 Å². The SMILES string of the molecule is COC(=O)c1cc2ncn(C)c2cc1C(=O)OC. The number of hydrogen-bond acceptors (Lipinski definition) is 5. The molecule has 18 heavy (non-hydrogen) atoms. The number of carbonyl (C=O) groups excluding carboxylic acids is 2. The molecule has 0 spiro atoms. The van der Waals surface area contributed by atoms with Crippen LogP contribution >= 0.6 is 0 Å². The normalized spacial score (nSPS) is 10.4. The van der Waals surface area contributed by atoms with Crippen LogP contribution < -0.4 is 0 Å². The van der Waals surface area contributed by atoms with Crippen LogP contribution in [0, 0.1) is 0 Å². The monoisotopic (exact) mass is 248 g/mol. The van der Waals surface area contributed by atoms with E-state index in [-0.39, 0.29) is 11.1 Å². The fourth-order valence-electron chi connectivity index (χ4n) is 1.73. The molecule has 0 saturated carbocycles. The molecule has 2 aromatic rings. The molecule has 0 N–H and O–H groups in total. The van der Waals surface area contributed by atoms with Gasteiger partial charge in [0.05, 0.1) is 42.7 Å². The number of fused-ring (bicyclic) bond motifs is 1. The van der Waals surface area contributed by atoms with Crippen molar-refractivity contribution in [2.45, 2.75) is 0 Å². The zero-order valence-electron chi connectivity index (χ0n) is 10.3. The molecule has 2 rings (SSSR count). The molecule has 0 unspecified atom stereocenters. The molecule has 0 aliphatic heterocycles. The summed E-state index contributed by atoms with van der Waals surface area (Å²) in [6.07, 6.45) is 1.60. The quantitative estimate of drug-likeness (QED) is 0.745. The van der Waals surface area contributed by atoms with Gasteiger partial charge in [-0.15, -0.1) is 0 Å². The Labute approximate surface area is 103 Å². The third-order valence-electron chi connectivity index (χ3n) is 2.68. The highest BCUT2D eigenvalue weighted by Gasteiger charge is 2.20. The predicted molar refractivity (Wildman–Crippen MR) is 63.4 cm³/mol. The van der Waals surface area contributed by atoms with E-state index in [0.717, 1.165) is 5.52 Å². The Kier molecular flexibility index (Phi) is 3.01. The Balaban J connectivity index is 2.73. The second-order valence-corrected chi connectivity index (χ2v) is 3.73. The summed E-state index contributed by atoms with van der Waals surface area (Å²) in [6, 6.07) is 3.09. The number of benzene rings is 1. The van der Waals surface area contributed by atoms with Crippen molar-refractivity contribution in [3.05, 3.63) is 29.6 Å². The number of ether oxygens (including phenoxy) is 2. The van der Waals surface area contributed by atoms with Gasteiger partial charge in [0.25, 0.3) is 0 Å². The number of hydrogen-bond donors (Lipinski definition) is 0. The largest absolute Gasteiger partial charge is 0.465 e. The van der Waals surface area contributed by atoms with Gasteiger partial charge >= 0.3 is 11.9 Å². The zero-order chi connectivity index (χ0) is 13.3. The van der Waals surface area contributed by atoms with Crippen LogP contribution in [0.3, 0.4) is 0 Å². The smallest absolute Gasteiger partial charge is 0.338 e. The van der Waals surface area contributed by atoms with Gasteiger partial charge in [0.2, 0.25) is 0 Å². The van der Waals surface area contributed by atoms with E-state index < -0.39 is 11.9 Å². The highest BCUT2D eigenvalue weighted by molar-refractivity contribution is 6.06. The van der Waals surface area contributed by atoms with Crippen LogP contribution in [0.5, 0.6) is 0 Å². The lowest BCUT2D eigenvalue weighted by molar-refractivity contribution is 0.0555. The molecule has 0 saturated heterocycles. The van der Waals surface area contributed by atoms with Crippen LogP contribution in [0.2, 0.25) is 0 Å². The number of imidazole rings is 1. The molecule has 0 radical (unpaired) electrons. The maximum Gasteiger partial charge on any atom is 0.338 e. The Hall–Kier alpha value is -2.37. The summed E-state index contributed by atoms with van der Waals surface area (Å²) in [6.45, 7) is 0. The van der Waals surface area contributed by atoms with Crippen molar-refractivity contribution in [1.82, 2.24) is 9.55 Å². The minimum Gasteiger partial charge on any atom is -0.465 e. The molecule has 0 fully saturated rings. The van der Waals surface area contributed by atoms with Crippen LogP contribution in [0.1, 0.15) is 20.7 Å². The van der Waals surface area contributed by atoms with E-state index in [9.17, 15) is 9.59 Å². The Morgan fingerprint density at radius 2 is 1.67 bits per heavy atom. The Morgan fingerprint density at radius 1 is 1.11 bits per heavy atom. The molecule has 1 aromatic carbocycles. The van der Waals surface area contributed by atoms with Gasteiger partial charge in [0.1, 0.15) is 0 Å². The number of rotatable bonds is 2. The van der Waals surface area contributed by atoms with Crippen LogP contribution in [-0.2, 0) is 16.5 Å². The third kappa shape index (κ3) is 1.81. The van der Waals surface area contributed by atoms with E-state index in [2.05, 4.69) is 14.5 Å². The molecule has 6 heteroatoms. The minimum atomic E-state index is -0.594.